The van der Waals surface area contributed by atoms with Crippen LogP contribution in [0.15, 0.2) is 48.0 Å². The summed E-state index contributed by atoms with van der Waals surface area (Å²) in [5, 5.41) is 9.50. The van der Waals surface area contributed by atoms with E-state index in [9.17, 15) is 4.79 Å². The molecule has 0 spiro atoms. The van der Waals surface area contributed by atoms with Crippen LogP contribution in [0.3, 0.4) is 0 Å². The summed E-state index contributed by atoms with van der Waals surface area (Å²) >= 11 is 1.67. The third-order valence-electron chi connectivity index (χ3n) is 3.81. The first-order valence-corrected chi connectivity index (χ1v) is 8.44. The number of hydrogen-bond donors (Lipinski definition) is 1. The van der Waals surface area contributed by atoms with E-state index in [0.29, 0.717) is 18.7 Å². The number of carbonyl (C=O) groups excluding carboxylic acids is 1. The van der Waals surface area contributed by atoms with E-state index >= 15 is 0 Å². The van der Waals surface area contributed by atoms with Gasteiger partial charge in [-0.15, -0.1) is 11.3 Å². The summed E-state index contributed by atoms with van der Waals surface area (Å²) in [6.07, 6.45) is 1.94. The molecule has 0 saturated carbocycles. The van der Waals surface area contributed by atoms with Gasteiger partial charge in [0.1, 0.15) is 5.69 Å². The minimum atomic E-state index is -0.0428. The number of hydrogen-bond acceptors (Lipinski definition) is 3. The predicted molar refractivity (Wildman–Crippen MR) is 93.8 cm³/mol. The number of nitrogens with one attached hydrogen (secondary N) is 1. The minimum Gasteiger partial charge on any atom is -0.350 e. The van der Waals surface area contributed by atoms with Crippen molar-refractivity contribution in [2.75, 3.05) is 6.54 Å². The van der Waals surface area contributed by atoms with Gasteiger partial charge < -0.3 is 5.32 Å². The van der Waals surface area contributed by atoms with Crippen molar-refractivity contribution in [1.29, 1.82) is 0 Å². The van der Waals surface area contributed by atoms with Crippen LogP contribution in [0.1, 0.15) is 21.5 Å². The summed E-state index contributed by atoms with van der Waals surface area (Å²) in [4.78, 5) is 13.3. The van der Waals surface area contributed by atoms with E-state index in [1.54, 1.807) is 11.3 Å². The van der Waals surface area contributed by atoms with E-state index in [-0.39, 0.29) is 5.91 Å². The normalized spacial score (nSPS) is 10.7. The highest BCUT2D eigenvalue weighted by Gasteiger charge is 2.07. The van der Waals surface area contributed by atoms with Crippen LogP contribution in [0.4, 0.5) is 0 Å². The first kappa shape index (κ1) is 15.5. The average Bonchev–Trinajstić information content (AvgIpc) is 3.20. The Kier molecular flexibility index (Phi) is 4.57. The number of aryl methyl sites for hydroxylation is 2. The molecule has 23 heavy (non-hydrogen) atoms. The largest absolute Gasteiger partial charge is 0.350 e. The Labute approximate surface area is 139 Å². The van der Waals surface area contributed by atoms with E-state index in [4.69, 9.17) is 0 Å². The quantitative estimate of drug-likeness (QED) is 0.778. The van der Waals surface area contributed by atoms with Gasteiger partial charge in [-0.05, 0) is 54.6 Å². The van der Waals surface area contributed by atoms with E-state index in [1.807, 2.05) is 60.4 Å². The maximum atomic E-state index is 12.2. The smallest absolute Gasteiger partial charge is 0.251 e. The van der Waals surface area contributed by atoms with Crippen LogP contribution in [0.2, 0.25) is 0 Å². The lowest BCUT2D eigenvalue weighted by Gasteiger charge is -2.07. The van der Waals surface area contributed by atoms with Gasteiger partial charge in [0, 0.05) is 18.3 Å². The summed E-state index contributed by atoms with van der Waals surface area (Å²) in [5.74, 6) is -0.0428. The van der Waals surface area contributed by atoms with Crippen LogP contribution in [0.25, 0.3) is 10.6 Å². The molecule has 0 fully saturated rings. The van der Waals surface area contributed by atoms with Gasteiger partial charge >= 0.3 is 0 Å². The van der Waals surface area contributed by atoms with Crippen molar-refractivity contribution < 1.29 is 4.79 Å². The third-order valence-corrected chi connectivity index (χ3v) is 4.70. The zero-order chi connectivity index (χ0) is 16.2. The second kappa shape index (κ2) is 6.79. The summed E-state index contributed by atoms with van der Waals surface area (Å²) < 4.78 is 1.86. The van der Waals surface area contributed by atoms with Crippen molar-refractivity contribution in [3.63, 3.8) is 0 Å². The lowest BCUT2D eigenvalue weighted by molar-refractivity contribution is 0.0952. The molecule has 2 aromatic heterocycles. The molecular formula is C18H19N3OS. The first-order valence-electron chi connectivity index (χ1n) is 7.56. The van der Waals surface area contributed by atoms with Crippen molar-refractivity contribution in [1.82, 2.24) is 15.1 Å². The Morgan fingerprint density at radius 3 is 2.83 bits per heavy atom. The number of carbonyl (C=O) groups is 1. The number of aromatic nitrogens is 2. The fourth-order valence-corrected chi connectivity index (χ4v) is 3.00. The summed E-state index contributed by atoms with van der Waals surface area (Å²) in [6.45, 7) is 5.27. The van der Waals surface area contributed by atoms with Crippen LogP contribution >= 0.6 is 11.3 Å². The van der Waals surface area contributed by atoms with Gasteiger partial charge in [-0.1, -0.05) is 12.1 Å². The molecule has 4 nitrogen and oxygen atoms in total. The molecule has 1 amide bonds. The fourth-order valence-electron chi connectivity index (χ4n) is 2.31. The SMILES string of the molecule is Cc1ccc(C(=O)NCCn2ccc(-c3cccs3)n2)cc1C. The van der Waals surface area contributed by atoms with Crippen LogP contribution < -0.4 is 5.32 Å². The molecule has 0 aliphatic rings. The van der Waals surface area contributed by atoms with Gasteiger partial charge in [0.05, 0.1) is 11.4 Å². The summed E-state index contributed by atoms with van der Waals surface area (Å²) in [6, 6.07) is 11.8. The molecule has 3 aromatic rings. The molecule has 118 valence electrons. The van der Waals surface area contributed by atoms with Gasteiger partial charge in [-0.25, -0.2) is 0 Å². The molecule has 0 saturated heterocycles. The van der Waals surface area contributed by atoms with Crippen LogP contribution in [-0.4, -0.2) is 22.2 Å². The van der Waals surface area contributed by atoms with Gasteiger partial charge in [-0.3, -0.25) is 9.48 Å². The third kappa shape index (κ3) is 3.68. The van der Waals surface area contributed by atoms with Crippen molar-refractivity contribution >= 4 is 17.2 Å². The Morgan fingerprint density at radius 2 is 2.09 bits per heavy atom. The highest BCUT2D eigenvalue weighted by Crippen LogP contribution is 2.22. The number of nitrogens with zero attached hydrogens (tertiary/aromatic N) is 2. The summed E-state index contributed by atoms with van der Waals surface area (Å²) in [7, 11) is 0. The monoisotopic (exact) mass is 325 g/mol. The molecule has 2 heterocycles. The lowest BCUT2D eigenvalue weighted by atomic mass is 10.1. The number of benzene rings is 1. The second-order valence-electron chi connectivity index (χ2n) is 5.50. The zero-order valence-electron chi connectivity index (χ0n) is 13.2. The molecule has 0 atom stereocenters. The average molecular weight is 325 g/mol. The number of thiophene rings is 1. The summed E-state index contributed by atoms with van der Waals surface area (Å²) in [5.41, 5.74) is 4.00. The Bertz CT molecular complexity index is 806. The first-order chi connectivity index (χ1) is 11.1. The Balaban J connectivity index is 1.55. The van der Waals surface area contributed by atoms with Crippen LogP contribution in [-0.2, 0) is 6.54 Å². The topological polar surface area (TPSA) is 46.9 Å². The van der Waals surface area contributed by atoms with E-state index in [0.717, 1.165) is 16.1 Å². The number of amides is 1. The maximum Gasteiger partial charge on any atom is 0.251 e. The van der Waals surface area contributed by atoms with E-state index in [2.05, 4.69) is 16.5 Å². The predicted octanol–water partition coefficient (Wildman–Crippen LogP) is 3.66. The molecule has 1 aromatic carbocycles. The molecular weight excluding hydrogens is 306 g/mol. The van der Waals surface area contributed by atoms with Crippen LogP contribution in [0, 0.1) is 13.8 Å². The van der Waals surface area contributed by atoms with E-state index in [1.165, 1.54) is 5.56 Å². The molecule has 3 rings (SSSR count). The Hall–Kier alpha value is -2.40. The van der Waals surface area contributed by atoms with Crippen LogP contribution in [0.5, 0.6) is 0 Å². The molecule has 1 N–H and O–H groups in total. The molecule has 5 heteroatoms. The van der Waals surface area contributed by atoms with Crippen molar-refractivity contribution in [3.8, 4) is 10.6 Å². The van der Waals surface area contributed by atoms with Gasteiger partial charge in [-0.2, -0.15) is 5.10 Å². The number of rotatable bonds is 5. The van der Waals surface area contributed by atoms with Crippen molar-refractivity contribution in [3.05, 3.63) is 64.7 Å². The highest BCUT2D eigenvalue weighted by molar-refractivity contribution is 7.13. The zero-order valence-corrected chi connectivity index (χ0v) is 14.1. The standard InChI is InChI=1S/C18H19N3OS/c1-13-5-6-15(12-14(13)2)18(22)19-8-10-21-9-7-16(20-21)17-4-3-11-23-17/h3-7,9,11-12H,8,10H2,1-2H3,(H,19,22). The van der Waals surface area contributed by atoms with E-state index < -0.39 is 0 Å². The molecule has 0 radical (unpaired) electrons. The molecule has 0 unspecified atom stereocenters. The molecule has 0 aliphatic heterocycles. The Morgan fingerprint density at radius 1 is 1.22 bits per heavy atom. The van der Waals surface area contributed by atoms with Crippen molar-refractivity contribution in [2.24, 2.45) is 0 Å². The second-order valence-corrected chi connectivity index (χ2v) is 6.44. The van der Waals surface area contributed by atoms with Gasteiger partial charge in [0.25, 0.3) is 5.91 Å². The minimum absolute atomic E-state index is 0.0428. The van der Waals surface area contributed by atoms with Gasteiger partial charge in [0.15, 0.2) is 0 Å². The molecule has 0 bridgehead atoms. The molecule has 0 aliphatic carbocycles. The highest BCUT2D eigenvalue weighted by atomic mass is 32.1. The van der Waals surface area contributed by atoms with Crippen molar-refractivity contribution in [2.45, 2.75) is 20.4 Å². The fraction of sp³-hybridized carbons (Fsp3) is 0.222. The maximum absolute atomic E-state index is 12.2. The van der Waals surface area contributed by atoms with Gasteiger partial charge in [0.2, 0.25) is 0 Å². The lowest BCUT2D eigenvalue weighted by Crippen LogP contribution is -2.27.